The van der Waals surface area contributed by atoms with Crippen LogP contribution in [0.5, 0.6) is 0 Å². The first-order valence-electron chi connectivity index (χ1n) is 13.0. The highest BCUT2D eigenvalue weighted by Crippen LogP contribution is 2.41. The Labute approximate surface area is 246 Å². The molecule has 0 spiro atoms. The molecule has 2 nitrogen and oxygen atoms in total. The van der Waals surface area contributed by atoms with Gasteiger partial charge in [-0.05, 0) is 61.4 Å². The summed E-state index contributed by atoms with van der Waals surface area (Å²) in [6.45, 7) is 19.5. The van der Waals surface area contributed by atoms with E-state index in [9.17, 15) is 13.2 Å². The molecule has 0 amide bonds. The highest BCUT2D eigenvalue weighted by molar-refractivity contribution is 8.02. The Morgan fingerprint density at radius 1 is 1.11 bits per heavy atom. The Bertz CT molecular complexity index is 883. The van der Waals surface area contributed by atoms with Crippen molar-refractivity contribution < 1.29 is 18.3 Å². The average molecular weight is 612 g/mol. The molecule has 38 heavy (non-hydrogen) atoms. The Hall–Kier alpha value is -0.900. The SMILES string of the molecule is C=CC(NSc1ccc(Sc2c(C)cccc2Cl)s1)C(C)/C=C/C(F)(F)F.CC.CC.CCC[C@@H](O)CC. The van der Waals surface area contributed by atoms with Gasteiger partial charge in [0.25, 0.3) is 0 Å². The Kier molecular flexibility index (Phi) is 23.6. The van der Waals surface area contributed by atoms with Crippen molar-refractivity contribution >= 4 is 46.6 Å². The molecule has 3 atom stereocenters. The van der Waals surface area contributed by atoms with Gasteiger partial charge < -0.3 is 5.11 Å². The molecule has 0 bridgehead atoms. The van der Waals surface area contributed by atoms with Gasteiger partial charge in [-0.15, -0.1) is 17.9 Å². The standard InChI is InChI=1S/C19H19ClF3NS3.C6H14O.2C2H6/c1-4-15(12(2)10-11-19(21,22)23)24-27-17-9-8-16(25-17)26-18-13(3)6-5-7-14(18)20;1-3-5-6(7)4-2;2*1-2/h4-12,15,24H,1H2,2-3H3;6-7H,3-5H2,1-2H3;2*1-2H3/b11-10+;;;/t;6-;;/m.0../s1. The summed E-state index contributed by atoms with van der Waals surface area (Å²) in [5, 5.41) is 9.58. The number of aliphatic hydroxyl groups excluding tert-OH is 1. The highest BCUT2D eigenvalue weighted by atomic mass is 35.5. The van der Waals surface area contributed by atoms with Crippen LogP contribution >= 0.6 is 46.6 Å². The molecule has 0 saturated carbocycles. The summed E-state index contributed by atoms with van der Waals surface area (Å²) < 4.78 is 42.3. The van der Waals surface area contributed by atoms with Gasteiger partial charge in [-0.1, -0.05) is 103 Å². The number of rotatable bonds is 11. The number of hydrogen-bond acceptors (Lipinski definition) is 5. The Morgan fingerprint density at radius 2 is 1.71 bits per heavy atom. The molecule has 2 N–H and O–H groups in total. The number of allylic oxidation sites excluding steroid dienone is 1. The van der Waals surface area contributed by atoms with Gasteiger partial charge in [0.05, 0.1) is 19.5 Å². The van der Waals surface area contributed by atoms with Gasteiger partial charge in [-0.25, -0.2) is 0 Å². The summed E-state index contributed by atoms with van der Waals surface area (Å²) >= 11 is 10.9. The zero-order valence-electron chi connectivity index (χ0n) is 23.9. The first kappa shape index (κ1) is 39.2. The van der Waals surface area contributed by atoms with Crippen LogP contribution in [0.25, 0.3) is 0 Å². The minimum Gasteiger partial charge on any atom is -0.393 e. The maximum atomic E-state index is 12.3. The van der Waals surface area contributed by atoms with E-state index in [-0.39, 0.29) is 24.1 Å². The predicted octanol–water partition coefficient (Wildman–Crippen LogP) is 11.4. The molecule has 0 fully saturated rings. The molecule has 1 aromatic carbocycles. The second-order valence-corrected chi connectivity index (χ2v) is 11.6. The number of nitrogens with one attached hydrogen (secondary N) is 1. The molecule has 9 heteroatoms. The van der Waals surface area contributed by atoms with Gasteiger partial charge >= 0.3 is 6.18 Å². The molecule has 218 valence electrons. The maximum absolute atomic E-state index is 12.3. The van der Waals surface area contributed by atoms with Crippen molar-refractivity contribution in [2.24, 2.45) is 5.92 Å². The van der Waals surface area contributed by atoms with Crippen LogP contribution in [-0.4, -0.2) is 23.4 Å². The summed E-state index contributed by atoms with van der Waals surface area (Å²) in [6, 6.07) is 9.52. The van der Waals surface area contributed by atoms with Gasteiger partial charge in [-0.3, -0.25) is 4.72 Å². The fourth-order valence-corrected chi connectivity index (χ4v) is 6.34. The number of halogens is 4. The summed E-state index contributed by atoms with van der Waals surface area (Å²) in [6.07, 6.45) is 1.63. The lowest BCUT2D eigenvalue weighted by molar-refractivity contribution is -0.0802. The van der Waals surface area contributed by atoms with E-state index in [1.54, 1.807) is 36.1 Å². The lowest BCUT2D eigenvalue weighted by Crippen LogP contribution is -2.27. The van der Waals surface area contributed by atoms with Crippen molar-refractivity contribution in [3.8, 4) is 0 Å². The van der Waals surface area contributed by atoms with Crippen LogP contribution in [-0.2, 0) is 0 Å². The summed E-state index contributed by atoms with van der Waals surface area (Å²) in [5.74, 6) is -0.337. The Balaban J connectivity index is 0. The zero-order chi connectivity index (χ0) is 29.7. The summed E-state index contributed by atoms with van der Waals surface area (Å²) in [7, 11) is 0. The number of thiophene rings is 1. The molecule has 0 aliphatic rings. The van der Waals surface area contributed by atoms with E-state index in [0.717, 1.165) is 49.2 Å². The summed E-state index contributed by atoms with van der Waals surface area (Å²) in [4.78, 5) is 1.03. The van der Waals surface area contributed by atoms with Crippen molar-refractivity contribution in [3.63, 3.8) is 0 Å². The van der Waals surface area contributed by atoms with Crippen LogP contribution in [0.1, 0.15) is 73.3 Å². The molecule has 2 rings (SSSR count). The minimum absolute atomic E-state index is 0.0509. The Morgan fingerprint density at radius 3 is 2.18 bits per heavy atom. The third-order valence-electron chi connectivity index (χ3n) is 4.72. The van der Waals surface area contributed by atoms with Crippen LogP contribution in [0, 0.1) is 12.8 Å². The fourth-order valence-electron chi connectivity index (χ4n) is 2.67. The second kappa shape index (κ2) is 22.9. The molecule has 0 aliphatic heterocycles. The van der Waals surface area contributed by atoms with E-state index in [4.69, 9.17) is 16.7 Å². The molecular formula is C29H45ClF3NOS3. The quantitative estimate of drug-likeness (QED) is 0.195. The van der Waals surface area contributed by atoms with Crippen molar-refractivity contribution in [2.75, 3.05) is 0 Å². The molecular weight excluding hydrogens is 567 g/mol. The van der Waals surface area contributed by atoms with E-state index in [0.29, 0.717) is 0 Å². The van der Waals surface area contributed by atoms with Crippen LogP contribution < -0.4 is 4.72 Å². The van der Waals surface area contributed by atoms with Crippen molar-refractivity contribution in [2.45, 2.75) is 106 Å². The van der Waals surface area contributed by atoms with Crippen LogP contribution in [0.4, 0.5) is 13.2 Å². The summed E-state index contributed by atoms with van der Waals surface area (Å²) in [5.41, 5.74) is 1.12. The molecule has 0 saturated heterocycles. The number of aryl methyl sites for hydroxylation is 1. The van der Waals surface area contributed by atoms with E-state index >= 15 is 0 Å². The van der Waals surface area contributed by atoms with E-state index < -0.39 is 6.18 Å². The monoisotopic (exact) mass is 611 g/mol. The molecule has 1 aromatic heterocycles. The molecule has 1 heterocycles. The molecule has 0 radical (unpaired) electrons. The smallest absolute Gasteiger partial charge is 0.393 e. The van der Waals surface area contributed by atoms with E-state index in [2.05, 4.69) is 18.2 Å². The van der Waals surface area contributed by atoms with E-state index in [1.165, 1.54) is 11.9 Å². The molecule has 2 aromatic rings. The lowest BCUT2D eigenvalue weighted by atomic mass is 10.0. The number of aliphatic hydroxyl groups is 1. The largest absolute Gasteiger partial charge is 0.409 e. The first-order valence-corrected chi connectivity index (χ1v) is 15.8. The number of hydrogen-bond donors (Lipinski definition) is 2. The third kappa shape index (κ3) is 17.6. The highest BCUT2D eigenvalue weighted by Gasteiger charge is 2.23. The van der Waals surface area contributed by atoms with Gasteiger partial charge in [0.2, 0.25) is 0 Å². The van der Waals surface area contributed by atoms with Gasteiger partial charge in [0, 0.05) is 17.0 Å². The molecule has 2 unspecified atom stereocenters. The van der Waals surface area contributed by atoms with Crippen molar-refractivity contribution in [3.05, 3.63) is 65.7 Å². The fraction of sp³-hybridized carbons (Fsp3) is 0.517. The van der Waals surface area contributed by atoms with Gasteiger partial charge in [0.1, 0.15) is 0 Å². The number of alkyl halides is 3. The van der Waals surface area contributed by atoms with Crippen molar-refractivity contribution in [1.29, 1.82) is 0 Å². The third-order valence-corrected chi connectivity index (χ3v) is 8.63. The van der Waals surface area contributed by atoms with Crippen LogP contribution in [0.3, 0.4) is 0 Å². The van der Waals surface area contributed by atoms with Crippen LogP contribution in [0.15, 0.2) is 68.5 Å². The predicted molar refractivity (Wildman–Crippen MR) is 166 cm³/mol. The lowest BCUT2D eigenvalue weighted by Gasteiger charge is -2.18. The maximum Gasteiger partial charge on any atom is 0.409 e. The van der Waals surface area contributed by atoms with Gasteiger partial charge in [-0.2, -0.15) is 13.2 Å². The van der Waals surface area contributed by atoms with Crippen LogP contribution in [0.2, 0.25) is 5.02 Å². The van der Waals surface area contributed by atoms with Crippen molar-refractivity contribution in [1.82, 2.24) is 4.72 Å². The normalized spacial score (nSPS) is 13.2. The molecule has 0 aliphatic carbocycles. The topological polar surface area (TPSA) is 32.3 Å². The first-order chi connectivity index (χ1) is 18.0. The number of benzene rings is 1. The van der Waals surface area contributed by atoms with Gasteiger partial charge in [0.15, 0.2) is 0 Å². The zero-order valence-corrected chi connectivity index (χ0v) is 27.1. The van der Waals surface area contributed by atoms with E-state index in [1.807, 2.05) is 71.9 Å². The average Bonchev–Trinajstić information content (AvgIpc) is 3.35. The second-order valence-electron chi connectivity index (χ2n) is 7.65. The minimum atomic E-state index is -4.30.